The highest BCUT2D eigenvalue weighted by molar-refractivity contribution is 7.78. The molecule has 8 heteroatoms. The highest BCUT2D eigenvalue weighted by atomic mass is 32.1. The molecule has 1 fully saturated rings. The van der Waals surface area contributed by atoms with Crippen molar-refractivity contribution in [2.75, 3.05) is 6.54 Å². The number of aliphatic imine (C=N–C) groups is 1. The molecule has 0 radical (unpaired) electrons. The number of alkyl carbamates (subject to hydrolysis) is 1. The molecule has 0 spiro atoms. The average Bonchev–Trinajstić information content (AvgIpc) is 2.79. The van der Waals surface area contributed by atoms with Gasteiger partial charge in [0.15, 0.2) is 0 Å². The Labute approximate surface area is 178 Å². The van der Waals surface area contributed by atoms with E-state index in [1.165, 1.54) is 0 Å². The van der Waals surface area contributed by atoms with E-state index >= 15 is 0 Å². The van der Waals surface area contributed by atoms with Crippen molar-refractivity contribution in [2.24, 2.45) is 4.99 Å². The average molecular weight is 416 g/mol. The van der Waals surface area contributed by atoms with Crippen LogP contribution >= 0.6 is 12.2 Å². The molecule has 0 saturated carbocycles. The highest BCUT2D eigenvalue weighted by Crippen LogP contribution is 2.38. The van der Waals surface area contributed by atoms with Crippen molar-refractivity contribution in [3.05, 3.63) is 35.3 Å². The van der Waals surface area contributed by atoms with Gasteiger partial charge < -0.3 is 19.4 Å². The molecule has 0 unspecified atom stereocenters. The lowest BCUT2D eigenvalue weighted by Gasteiger charge is -2.32. The first kappa shape index (κ1) is 23.3. The Bertz CT molecular complexity index is 806. The van der Waals surface area contributed by atoms with Crippen molar-refractivity contribution in [1.29, 1.82) is 0 Å². The smallest absolute Gasteiger partial charge is 0.444 e. The fourth-order valence-corrected chi connectivity index (χ4v) is 2.70. The van der Waals surface area contributed by atoms with Crippen LogP contribution in [0.4, 0.5) is 10.5 Å². The number of thiocarbonyl (C=S) groups is 1. The Balaban J connectivity index is 2.25. The minimum absolute atomic E-state index is 0.228. The fourth-order valence-electron chi connectivity index (χ4n) is 2.60. The van der Waals surface area contributed by atoms with Gasteiger partial charge in [-0.1, -0.05) is 18.2 Å². The first-order valence-electron chi connectivity index (χ1n) is 9.54. The zero-order valence-corrected chi connectivity index (χ0v) is 19.0. The standard InChI is InChI=1S/C21H29BN2O4S/c1-19(2,3)26-18(25)23-13-16(22-27-20(4,5)21(6,7)28-22)12-15-8-10-17(11-9-15)24-14-29/h8-12H,13H2,1-7H3,(H,23,25). The summed E-state index contributed by atoms with van der Waals surface area (Å²) in [5.74, 6) is 0. The number of nitrogens with one attached hydrogen (secondary N) is 1. The van der Waals surface area contributed by atoms with E-state index in [0.29, 0.717) is 0 Å². The van der Waals surface area contributed by atoms with Gasteiger partial charge in [-0.3, -0.25) is 0 Å². The number of carbonyl (C=O) groups is 1. The Kier molecular flexibility index (Phi) is 7.07. The van der Waals surface area contributed by atoms with Crippen molar-refractivity contribution in [3.8, 4) is 0 Å². The number of ether oxygens (including phenoxy) is 1. The summed E-state index contributed by atoms with van der Waals surface area (Å²) in [4.78, 5) is 16.1. The molecule has 0 bridgehead atoms. The molecule has 156 valence electrons. The van der Waals surface area contributed by atoms with E-state index in [0.717, 1.165) is 16.7 Å². The minimum atomic E-state index is -0.589. The molecule has 0 aromatic heterocycles. The summed E-state index contributed by atoms with van der Waals surface area (Å²) >= 11 is 4.63. The van der Waals surface area contributed by atoms with E-state index in [9.17, 15) is 4.79 Å². The van der Waals surface area contributed by atoms with Crippen LogP contribution in [0.5, 0.6) is 0 Å². The summed E-state index contributed by atoms with van der Waals surface area (Å²) in [7, 11) is -0.589. The number of rotatable bonds is 5. The number of hydrogen-bond acceptors (Lipinski definition) is 6. The Morgan fingerprint density at radius 1 is 1.21 bits per heavy atom. The van der Waals surface area contributed by atoms with Crippen LogP contribution in [-0.4, -0.2) is 41.7 Å². The summed E-state index contributed by atoms with van der Waals surface area (Å²) < 4.78 is 17.7. The van der Waals surface area contributed by atoms with Gasteiger partial charge in [0, 0.05) is 6.54 Å². The number of hydrogen-bond donors (Lipinski definition) is 1. The molecule has 0 aliphatic carbocycles. The molecule has 1 aromatic carbocycles. The van der Waals surface area contributed by atoms with E-state index in [4.69, 9.17) is 14.0 Å². The zero-order valence-electron chi connectivity index (χ0n) is 18.2. The Hall–Kier alpha value is -1.99. The molecule has 2 rings (SSSR count). The SMILES string of the molecule is CC(C)(C)OC(=O)NCC(=Cc1ccc(N=C=S)cc1)B1OC(C)(C)C(C)(C)O1. The van der Waals surface area contributed by atoms with Crippen molar-refractivity contribution < 1.29 is 18.8 Å². The van der Waals surface area contributed by atoms with Crippen LogP contribution in [0, 0.1) is 0 Å². The summed E-state index contributed by atoms with van der Waals surface area (Å²) in [5, 5.41) is 5.14. The fraction of sp³-hybridized carbons (Fsp3) is 0.524. The normalized spacial score (nSPS) is 18.2. The molecule has 1 heterocycles. The van der Waals surface area contributed by atoms with Gasteiger partial charge in [0.1, 0.15) is 5.60 Å². The first-order valence-corrected chi connectivity index (χ1v) is 9.95. The number of carbonyl (C=O) groups excluding carboxylic acids is 1. The maximum Gasteiger partial charge on any atom is 0.492 e. The van der Waals surface area contributed by atoms with Gasteiger partial charge in [0.2, 0.25) is 0 Å². The first-order chi connectivity index (χ1) is 13.3. The second kappa shape index (κ2) is 8.80. The third-order valence-corrected chi connectivity index (χ3v) is 4.90. The van der Waals surface area contributed by atoms with E-state index in [1.54, 1.807) is 0 Å². The summed E-state index contributed by atoms with van der Waals surface area (Å²) in [6.45, 7) is 13.7. The van der Waals surface area contributed by atoms with Gasteiger partial charge in [-0.15, -0.1) is 0 Å². The van der Waals surface area contributed by atoms with Crippen LogP contribution < -0.4 is 5.32 Å². The van der Waals surface area contributed by atoms with Crippen molar-refractivity contribution in [2.45, 2.75) is 65.3 Å². The molecule has 1 N–H and O–H groups in total. The monoisotopic (exact) mass is 416 g/mol. The molecular formula is C21H29BN2O4S. The summed E-state index contributed by atoms with van der Waals surface area (Å²) in [6, 6.07) is 7.50. The molecule has 1 aliphatic heterocycles. The van der Waals surface area contributed by atoms with Gasteiger partial charge in [-0.25, -0.2) is 4.79 Å². The van der Waals surface area contributed by atoms with Crippen LogP contribution in [0.25, 0.3) is 6.08 Å². The lowest BCUT2D eigenvalue weighted by molar-refractivity contribution is 0.00578. The predicted octanol–water partition coefficient (Wildman–Crippen LogP) is 4.96. The maximum atomic E-state index is 12.1. The summed E-state index contributed by atoms with van der Waals surface area (Å²) in [6.07, 6.45) is 1.44. The highest BCUT2D eigenvalue weighted by Gasteiger charge is 2.52. The third kappa shape index (κ3) is 6.51. The van der Waals surface area contributed by atoms with Gasteiger partial charge in [-0.05, 0) is 83.9 Å². The van der Waals surface area contributed by atoms with Crippen molar-refractivity contribution >= 4 is 42.4 Å². The van der Waals surface area contributed by atoms with Crippen LogP contribution in [0.15, 0.2) is 34.7 Å². The van der Waals surface area contributed by atoms with Crippen LogP contribution in [0.1, 0.15) is 54.0 Å². The van der Waals surface area contributed by atoms with E-state index in [-0.39, 0.29) is 6.54 Å². The van der Waals surface area contributed by atoms with Gasteiger partial charge >= 0.3 is 13.2 Å². The van der Waals surface area contributed by atoms with Crippen molar-refractivity contribution in [1.82, 2.24) is 5.32 Å². The molecule has 1 aliphatic rings. The molecule has 29 heavy (non-hydrogen) atoms. The quantitative estimate of drug-likeness (QED) is 0.417. The van der Waals surface area contributed by atoms with E-state index in [2.05, 4.69) is 27.7 Å². The van der Waals surface area contributed by atoms with Crippen LogP contribution in [-0.2, 0) is 14.0 Å². The lowest BCUT2D eigenvalue weighted by atomic mass is 9.77. The second-order valence-electron chi connectivity index (χ2n) is 8.96. The number of benzene rings is 1. The number of nitrogens with zero attached hydrogens (tertiary/aromatic N) is 1. The maximum absolute atomic E-state index is 12.1. The number of amides is 1. The van der Waals surface area contributed by atoms with Gasteiger partial charge in [0.25, 0.3) is 0 Å². The van der Waals surface area contributed by atoms with Crippen LogP contribution in [0.2, 0.25) is 0 Å². The zero-order chi connectivity index (χ0) is 21.9. The number of isothiocyanates is 1. The Morgan fingerprint density at radius 2 is 1.76 bits per heavy atom. The summed E-state index contributed by atoms with van der Waals surface area (Å²) in [5.41, 5.74) is 0.878. The lowest BCUT2D eigenvalue weighted by Crippen LogP contribution is -2.41. The van der Waals surface area contributed by atoms with E-state index in [1.807, 2.05) is 78.8 Å². The van der Waals surface area contributed by atoms with E-state index < -0.39 is 30.0 Å². The Morgan fingerprint density at radius 3 is 2.24 bits per heavy atom. The molecular weight excluding hydrogens is 387 g/mol. The molecule has 6 nitrogen and oxygen atoms in total. The predicted molar refractivity (Wildman–Crippen MR) is 119 cm³/mol. The van der Waals surface area contributed by atoms with Gasteiger partial charge in [0.05, 0.1) is 22.1 Å². The minimum Gasteiger partial charge on any atom is -0.444 e. The topological polar surface area (TPSA) is 69.2 Å². The largest absolute Gasteiger partial charge is 0.492 e. The van der Waals surface area contributed by atoms with Crippen LogP contribution in [0.3, 0.4) is 0 Å². The molecule has 0 atom stereocenters. The second-order valence-corrected chi connectivity index (χ2v) is 9.14. The third-order valence-electron chi connectivity index (χ3n) is 4.81. The van der Waals surface area contributed by atoms with Crippen molar-refractivity contribution in [3.63, 3.8) is 0 Å². The van der Waals surface area contributed by atoms with Gasteiger partial charge in [-0.2, -0.15) is 4.99 Å². The molecule has 1 amide bonds. The molecule has 1 saturated heterocycles. The molecule has 1 aromatic rings.